The molecule has 1 aromatic carbocycles. The van der Waals surface area contributed by atoms with Gasteiger partial charge in [-0.2, -0.15) is 5.10 Å². The molecule has 1 aliphatic rings. The van der Waals surface area contributed by atoms with Gasteiger partial charge in [-0.05, 0) is 19.1 Å². The van der Waals surface area contributed by atoms with Crippen LogP contribution in [0, 0.1) is 12.7 Å². The smallest absolute Gasteiger partial charge is 0.131 e. The van der Waals surface area contributed by atoms with E-state index in [0.717, 1.165) is 44.0 Å². The normalized spacial score (nSPS) is 16.7. The van der Waals surface area contributed by atoms with Gasteiger partial charge >= 0.3 is 0 Å². The first kappa shape index (κ1) is 17.7. The molecule has 0 spiro atoms. The molecule has 0 N–H and O–H groups in total. The molecule has 130 valence electrons. The third-order valence-electron chi connectivity index (χ3n) is 4.56. The summed E-state index contributed by atoms with van der Waals surface area (Å²) in [4.78, 5) is 4.59. The molecule has 1 saturated heterocycles. The summed E-state index contributed by atoms with van der Waals surface area (Å²) in [5, 5.41) is 5.56. The van der Waals surface area contributed by atoms with E-state index in [4.69, 9.17) is 23.2 Å². The van der Waals surface area contributed by atoms with Gasteiger partial charge in [0.2, 0.25) is 0 Å². The SMILES string of the molecule is Cc1nn(C)c(Cl)c1CN1CCN(Cc2c(F)cccc2Cl)CC1. The fourth-order valence-corrected chi connectivity index (χ4v) is 3.55. The third kappa shape index (κ3) is 3.75. The second-order valence-corrected chi connectivity index (χ2v) is 7.00. The van der Waals surface area contributed by atoms with E-state index in [-0.39, 0.29) is 5.82 Å². The van der Waals surface area contributed by atoms with Gasteiger partial charge in [-0.3, -0.25) is 14.5 Å². The Labute approximate surface area is 151 Å². The molecule has 1 aliphatic heterocycles. The number of piperazine rings is 1. The van der Waals surface area contributed by atoms with Crippen molar-refractivity contribution in [1.82, 2.24) is 19.6 Å². The largest absolute Gasteiger partial charge is 0.296 e. The lowest BCUT2D eigenvalue weighted by molar-refractivity contribution is 0.121. The van der Waals surface area contributed by atoms with Gasteiger partial charge in [0, 0.05) is 62.5 Å². The second kappa shape index (κ2) is 7.40. The van der Waals surface area contributed by atoms with E-state index < -0.39 is 0 Å². The summed E-state index contributed by atoms with van der Waals surface area (Å²) in [6.07, 6.45) is 0. The molecule has 0 saturated carbocycles. The van der Waals surface area contributed by atoms with Gasteiger partial charge in [-0.15, -0.1) is 0 Å². The van der Waals surface area contributed by atoms with Crippen molar-refractivity contribution < 1.29 is 4.39 Å². The lowest BCUT2D eigenvalue weighted by Crippen LogP contribution is -2.45. The molecule has 1 fully saturated rings. The molecule has 0 bridgehead atoms. The maximum atomic E-state index is 13.9. The predicted octanol–water partition coefficient (Wildman–Crippen LogP) is 3.49. The van der Waals surface area contributed by atoms with E-state index in [0.29, 0.717) is 22.3 Å². The van der Waals surface area contributed by atoms with E-state index in [2.05, 4.69) is 14.9 Å². The van der Waals surface area contributed by atoms with Crippen LogP contribution < -0.4 is 0 Å². The minimum atomic E-state index is -0.234. The van der Waals surface area contributed by atoms with Crippen molar-refractivity contribution in [3.8, 4) is 0 Å². The van der Waals surface area contributed by atoms with E-state index in [1.165, 1.54) is 6.07 Å². The first-order valence-electron chi connectivity index (χ1n) is 8.01. The zero-order valence-electron chi connectivity index (χ0n) is 13.9. The molecule has 4 nitrogen and oxygen atoms in total. The van der Waals surface area contributed by atoms with Crippen LogP contribution in [0.15, 0.2) is 18.2 Å². The number of rotatable bonds is 4. The summed E-state index contributed by atoms with van der Waals surface area (Å²) in [5.41, 5.74) is 2.64. The minimum Gasteiger partial charge on any atom is -0.296 e. The molecule has 1 aromatic heterocycles. The molecule has 7 heteroatoms. The van der Waals surface area contributed by atoms with E-state index in [9.17, 15) is 4.39 Å². The lowest BCUT2D eigenvalue weighted by Gasteiger charge is -2.34. The van der Waals surface area contributed by atoms with Crippen LogP contribution in [-0.2, 0) is 20.1 Å². The summed E-state index contributed by atoms with van der Waals surface area (Å²) in [6, 6.07) is 4.84. The highest BCUT2D eigenvalue weighted by molar-refractivity contribution is 6.31. The molecule has 0 atom stereocenters. The number of hydrogen-bond donors (Lipinski definition) is 0. The molecular weight excluding hydrogens is 350 g/mol. The van der Waals surface area contributed by atoms with Crippen LogP contribution in [0.1, 0.15) is 16.8 Å². The van der Waals surface area contributed by atoms with Crippen LogP contribution in [-0.4, -0.2) is 45.8 Å². The summed E-state index contributed by atoms with van der Waals surface area (Å²) >= 11 is 12.4. The summed E-state index contributed by atoms with van der Waals surface area (Å²) in [5.74, 6) is -0.234. The predicted molar refractivity (Wildman–Crippen MR) is 94.9 cm³/mol. The van der Waals surface area contributed by atoms with Crippen LogP contribution in [0.3, 0.4) is 0 Å². The highest BCUT2D eigenvalue weighted by Gasteiger charge is 2.21. The fraction of sp³-hybridized carbons (Fsp3) is 0.471. The Kier molecular flexibility index (Phi) is 5.45. The maximum absolute atomic E-state index is 13.9. The first-order chi connectivity index (χ1) is 11.5. The Morgan fingerprint density at radius 1 is 1.04 bits per heavy atom. The average Bonchev–Trinajstić information content (AvgIpc) is 2.79. The Morgan fingerprint density at radius 2 is 1.62 bits per heavy atom. The first-order valence-corrected chi connectivity index (χ1v) is 8.77. The van der Waals surface area contributed by atoms with Gasteiger partial charge in [-0.1, -0.05) is 29.3 Å². The topological polar surface area (TPSA) is 24.3 Å². The van der Waals surface area contributed by atoms with E-state index in [1.54, 1.807) is 16.8 Å². The van der Waals surface area contributed by atoms with Crippen molar-refractivity contribution >= 4 is 23.2 Å². The molecule has 0 radical (unpaired) electrons. The van der Waals surface area contributed by atoms with Gasteiger partial charge in [0.25, 0.3) is 0 Å². The summed E-state index contributed by atoms with van der Waals surface area (Å²) in [6.45, 7) is 6.91. The minimum absolute atomic E-state index is 0.234. The van der Waals surface area contributed by atoms with Gasteiger partial charge in [0.1, 0.15) is 11.0 Å². The van der Waals surface area contributed by atoms with Gasteiger partial charge < -0.3 is 0 Å². The molecule has 2 aromatic rings. The van der Waals surface area contributed by atoms with Crippen molar-refractivity contribution in [2.45, 2.75) is 20.0 Å². The summed E-state index contributed by atoms with van der Waals surface area (Å²) < 4.78 is 15.6. The molecule has 3 rings (SSSR count). The Morgan fingerprint density at radius 3 is 2.12 bits per heavy atom. The molecule has 24 heavy (non-hydrogen) atoms. The van der Waals surface area contributed by atoms with Crippen molar-refractivity contribution in [3.63, 3.8) is 0 Å². The molecule has 0 unspecified atom stereocenters. The molecule has 0 amide bonds. The van der Waals surface area contributed by atoms with Crippen LogP contribution in [0.4, 0.5) is 4.39 Å². The van der Waals surface area contributed by atoms with Crippen LogP contribution in [0.2, 0.25) is 10.2 Å². The van der Waals surface area contributed by atoms with E-state index in [1.807, 2.05) is 14.0 Å². The van der Waals surface area contributed by atoms with Crippen LogP contribution >= 0.6 is 23.2 Å². The number of aromatic nitrogens is 2. The van der Waals surface area contributed by atoms with Crippen molar-refractivity contribution in [3.05, 3.63) is 51.0 Å². The van der Waals surface area contributed by atoms with Crippen molar-refractivity contribution in [2.75, 3.05) is 26.2 Å². The number of hydrogen-bond acceptors (Lipinski definition) is 3. The Balaban J connectivity index is 1.58. The van der Waals surface area contributed by atoms with Crippen molar-refractivity contribution in [2.24, 2.45) is 7.05 Å². The zero-order chi connectivity index (χ0) is 17.3. The molecule has 0 aliphatic carbocycles. The third-order valence-corrected chi connectivity index (χ3v) is 5.39. The van der Waals surface area contributed by atoms with Crippen LogP contribution in [0.5, 0.6) is 0 Å². The fourth-order valence-electron chi connectivity index (χ4n) is 3.09. The van der Waals surface area contributed by atoms with Gasteiger partial charge in [0.15, 0.2) is 0 Å². The average molecular weight is 371 g/mol. The van der Waals surface area contributed by atoms with Gasteiger partial charge in [0.05, 0.1) is 5.69 Å². The molecular formula is C17H21Cl2FN4. The quantitative estimate of drug-likeness (QED) is 0.822. The molecule has 2 heterocycles. The van der Waals surface area contributed by atoms with E-state index >= 15 is 0 Å². The number of nitrogens with zero attached hydrogens (tertiary/aromatic N) is 4. The standard InChI is InChI=1S/C17H21Cl2FN4/c1-12-13(17(19)22(2)21-12)10-23-6-8-24(9-7-23)11-14-15(18)4-3-5-16(14)20/h3-5H,6-11H2,1-2H3. The van der Waals surface area contributed by atoms with Crippen molar-refractivity contribution in [1.29, 1.82) is 0 Å². The number of aryl methyl sites for hydroxylation is 2. The highest BCUT2D eigenvalue weighted by atomic mass is 35.5. The number of benzene rings is 1. The zero-order valence-corrected chi connectivity index (χ0v) is 15.4. The second-order valence-electron chi connectivity index (χ2n) is 6.23. The maximum Gasteiger partial charge on any atom is 0.131 e. The Bertz CT molecular complexity index is 703. The number of halogens is 3. The monoisotopic (exact) mass is 370 g/mol. The highest BCUT2D eigenvalue weighted by Crippen LogP contribution is 2.23. The lowest BCUT2D eigenvalue weighted by atomic mass is 10.1. The van der Waals surface area contributed by atoms with Crippen LogP contribution in [0.25, 0.3) is 0 Å². The summed E-state index contributed by atoms with van der Waals surface area (Å²) in [7, 11) is 1.86. The Hall–Kier alpha value is -1.14. The van der Waals surface area contributed by atoms with Gasteiger partial charge in [-0.25, -0.2) is 4.39 Å².